The van der Waals surface area contributed by atoms with Crippen LogP contribution in [0.15, 0.2) is 72.8 Å². The van der Waals surface area contributed by atoms with E-state index in [0.29, 0.717) is 35.9 Å². The van der Waals surface area contributed by atoms with Crippen LogP contribution in [0.2, 0.25) is 0 Å². The second-order valence-corrected chi connectivity index (χ2v) is 10.5. The maximum absolute atomic E-state index is 13.1. The number of nitrogens with one attached hydrogen (secondary N) is 1. The third-order valence-electron chi connectivity index (χ3n) is 7.44. The molecule has 1 aliphatic heterocycles. The minimum atomic E-state index is -2.07. The smallest absolute Gasteiger partial charge is 0.351 e. The molecule has 1 saturated heterocycles. The summed E-state index contributed by atoms with van der Waals surface area (Å²) < 4.78 is 18.3. The number of carbonyl (C=O) groups is 4. The summed E-state index contributed by atoms with van der Waals surface area (Å²) >= 11 is 0. The lowest BCUT2D eigenvalue weighted by Gasteiger charge is -2.45. The number of hydrogen-bond donors (Lipinski definition) is 2. The number of hydrogen-bond acceptors (Lipinski definition) is 8. The first kappa shape index (κ1) is 30.4. The highest BCUT2D eigenvalue weighted by atomic mass is 16.6. The van der Waals surface area contributed by atoms with Gasteiger partial charge in [-0.1, -0.05) is 42.5 Å². The molecule has 2 unspecified atom stereocenters. The van der Waals surface area contributed by atoms with Gasteiger partial charge in [0.1, 0.15) is 18.7 Å². The van der Waals surface area contributed by atoms with Crippen LogP contribution in [0.4, 0.5) is 0 Å². The number of rotatable bonds is 5. The quantitative estimate of drug-likeness (QED) is 0.264. The number of fused-ring (bicyclic) bond motifs is 2. The highest BCUT2D eigenvalue weighted by Crippen LogP contribution is 2.46. The zero-order valence-electron chi connectivity index (χ0n) is 23.5. The van der Waals surface area contributed by atoms with Crippen molar-refractivity contribution in [3.05, 3.63) is 95.1 Å². The number of carboxylic acid groups (broad SMARTS) is 2. The second-order valence-electron chi connectivity index (χ2n) is 10.5. The van der Waals surface area contributed by atoms with Crippen LogP contribution in [0.25, 0.3) is 0 Å². The van der Waals surface area contributed by atoms with Crippen molar-refractivity contribution in [1.29, 1.82) is 0 Å². The summed E-state index contributed by atoms with van der Waals surface area (Å²) in [6.45, 7) is 6.97. The standard InChI is InChI=1S/C30H31NO5.C2H2O4/c1-21(2)31-18-19-34-30(20-31)17-9-14-24-25(30)15-16-26(35-28(32)22-10-5-3-6-11-22)27(24)36-29(33)23-12-7-4-8-13-23;3-1(4)2(5)6/h3-8,10-13,15-16,21H,9,14,17-20H2,1-2H3;(H,3,4)(H,5,6). The Hall–Kier alpha value is -4.54. The number of quaternary nitrogens is 1. The van der Waals surface area contributed by atoms with Crippen molar-refractivity contribution in [1.82, 2.24) is 0 Å². The van der Waals surface area contributed by atoms with Crippen molar-refractivity contribution in [3.8, 4) is 11.5 Å². The van der Waals surface area contributed by atoms with Crippen molar-refractivity contribution in [3.63, 3.8) is 0 Å². The number of morpholine rings is 1. The molecule has 2 aliphatic rings. The van der Waals surface area contributed by atoms with E-state index in [4.69, 9.17) is 34.0 Å². The van der Waals surface area contributed by atoms with Gasteiger partial charge in [-0.15, -0.1) is 0 Å². The molecular formula is C32H33NO9. The molecule has 1 aliphatic carbocycles. The van der Waals surface area contributed by atoms with Crippen molar-refractivity contribution in [2.45, 2.75) is 44.8 Å². The van der Waals surface area contributed by atoms with Gasteiger partial charge in [-0.05, 0) is 69.0 Å². The summed E-state index contributed by atoms with van der Waals surface area (Å²) in [5, 5.41) is 16.3. The Labute approximate surface area is 243 Å². The van der Waals surface area contributed by atoms with Gasteiger partial charge in [0.15, 0.2) is 17.5 Å². The maximum atomic E-state index is 13.1. The lowest BCUT2D eigenvalue weighted by atomic mass is 9.77. The Morgan fingerprint density at radius 1 is 0.905 bits per heavy atom. The van der Waals surface area contributed by atoms with E-state index in [2.05, 4.69) is 13.8 Å². The third-order valence-corrected chi connectivity index (χ3v) is 7.44. The van der Waals surface area contributed by atoms with Gasteiger partial charge in [-0.25, -0.2) is 14.4 Å². The van der Waals surface area contributed by atoms with E-state index in [1.165, 1.54) is 4.90 Å². The van der Waals surface area contributed by atoms with Gasteiger partial charge >= 0.3 is 17.9 Å². The molecule has 220 valence electrons. The number of carbonyl (C=O) groups excluding carboxylic acids is 3. The molecule has 3 aromatic rings. The van der Waals surface area contributed by atoms with Gasteiger partial charge < -0.3 is 34.1 Å². The van der Waals surface area contributed by atoms with Gasteiger partial charge in [0.25, 0.3) is 0 Å². The molecule has 0 bridgehead atoms. The molecule has 1 spiro atoms. The van der Waals surface area contributed by atoms with E-state index >= 15 is 0 Å². The molecule has 0 amide bonds. The molecule has 3 aromatic carbocycles. The number of aliphatic carboxylic acids is 2. The molecule has 1 fully saturated rings. The Bertz CT molecular complexity index is 1430. The lowest BCUT2D eigenvalue weighted by molar-refractivity contribution is -0.938. The van der Waals surface area contributed by atoms with Crippen molar-refractivity contribution in [2.24, 2.45) is 0 Å². The van der Waals surface area contributed by atoms with E-state index in [9.17, 15) is 9.59 Å². The summed E-state index contributed by atoms with van der Waals surface area (Å²) in [6.07, 6.45) is 2.52. The maximum Gasteiger partial charge on any atom is 0.351 e. The highest BCUT2D eigenvalue weighted by molar-refractivity contribution is 6.26. The molecule has 2 atom stereocenters. The average molecular weight is 576 g/mol. The van der Waals surface area contributed by atoms with Crippen LogP contribution in [-0.2, 0) is 26.3 Å². The molecule has 10 nitrogen and oxygen atoms in total. The fourth-order valence-corrected chi connectivity index (χ4v) is 5.33. The second kappa shape index (κ2) is 13.4. The van der Waals surface area contributed by atoms with Crippen LogP contribution in [0.1, 0.15) is 58.5 Å². The average Bonchev–Trinajstić information content (AvgIpc) is 2.99. The third kappa shape index (κ3) is 7.02. The van der Waals surface area contributed by atoms with Gasteiger partial charge in [0, 0.05) is 5.56 Å². The predicted molar refractivity (Wildman–Crippen MR) is 148 cm³/mol. The van der Waals surface area contributed by atoms with Gasteiger partial charge in [-0.3, -0.25) is 0 Å². The first-order valence-electron chi connectivity index (χ1n) is 13.7. The summed E-state index contributed by atoms with van der Waals surface area (Å²) in [5.74, 6) is -4.44. The first-order chi connectivity index (χ1) is 20.1. The van der Waals surface area contributed by atoms with E-state index in [0.717, 1.165) is 37.1 Å². The molecule has 42 heavy (non-hydrogen) atoms. The zero-order valence-corrected chi connectivity index (χ0v) is 23.5. The van der Waals surface area contributed by atoms with Crippen LogP contribution < -0.4 is 19.5 Å². The monoisotopic (exact) mass is 575 g/mol. The van der Waals surface area contributed by atoms with Gasteiger partial charge in [0.05, 0.1) is 23.8 Å². The van der Waals surface area contributed by atoms with E-state index in [1.807, 2.05) is 18.2 Å². The largest absolute Gasteiger partial charge is 0.539 e. The van der Waals surface area contributed by atoms with Crippen LogP contribution >= 0.6 is 0 Å². The molecule has 10 heteroatoms. The minimum absolute atomic E-state index is 0.243. The summed E-state index contributed by atoms with van der Waals surface area (Å²) in [6, 6.07) is 21.9. The van der Waals surface area contributed by atoms with Crippen molar-refractivity contribution >= 4 is 23.9 Å². The van der Waals surface area contributed by atoms with E-state index in [1.54, 1.807) is 54.6 Å². The number of esters is 2. The van der Waals surface area contributed by atoms with Crippen LogP contribution in [-0.4, -0.2) is 54.7 Å². The molecular weight excluding hydrogens is 542 g/mol. The molecule has 5 rings (SSSR count). The van der Waals surface area contributed by atoms with Crippen LogP contribution in [0.3, 0.4) is 0 Å². The molecule has 1 heterocycles. The molecule has 0 radical (unpaired) electrons. The lowest BCUT2D eigenvalue weighted by Crippen LogP contribution is -3.18. The Morgan fingerprint density at radius 3 is 2.02 bits per heavy atom. The highest BCUT2D eigenvalue weighted by Gasteiger charge is 2.46. The van der Waals surface area contributed by atoms with Crippen molar-refractivity contribution < 1.29 is 48.5 Å². The number of carboxylic acids is 2. The summed E-state index contributed by atoms with van der Waals surface area (Å²) in [5.41, 5.74) is 2.33. The number of benzene rings is 3. The Kier molecular flexibility index (Phi) is 9.72. The fourth-order valence-electron chi connectivity index (χ4n) is 5.33. The Morgan fingerprint density at radius 2 is 1.48 bits per heavy atom. The predicted octanol–water partition coefficient (Wildman–Crippen LogP) is 1.80. The summed E-state index contributed by atoms with van der Waals surface area (Å²) in [4.78, 5) is 45.6. The molecule has 2 N–H and O–H groups in total. The molecule has 0 saturated carbocycles. The fraction of sp³-hybridized carbons (Fsp3) is 0.312. The van der Waals surface area contributed by atoms with Crippen LogP contribution in [0, 0.1) is 0 Å². The SMILES string of the molecule is CC(C)[NH+]1CCOC2(CCCc3c2ccc(OC(=O)c2ccccc2)c3OC(=O)c2ccccc2)C1.O=C([O-])C(=O)O. The Balaban J connectivity index is 0.000000612. The first-order valence-corrected chi connectivity index (χ1v) is 13.7. The topological polar surface area (TPSA) is 144 Å². The zero-order chi connectivity index (χ0) is 30.3. The molecule has 0 aromatic heterocycles. The van der Waals surface area contributed by atoms with Crippen LogP contribution in [0.5, 0.6) is 11.5 Å². The minimum Gasteiger partial charge on any atom is -0.539 e. The van der Waals surface area contributed by atoms with E-state index in [-0.39, 0.29) is 5.75 Å². The summed E-state index contributed by atoms with van der Waals surface area (Å²) in [7, 11) is 0. The van der Waals surface area contributed by atoms with Gasteiger partial charge in [-0.2, -0.15) is 0 Å². The van der Waals surface area contributed by atoms with Gasteiger partial charge in [0.2, 0.25) is 0 Å². The van der Waals surface area contributed by atoms with E-state index < -0.39 is 29.5 Å². The normalized spacial score (nSPS) is 19.2. The number of ether oxygens (including phenoxy) is 3. The van der Waals surface area contributed by atoms with Crippen molar-refractivity contribution in [2.75, 3.05) is 19.7 Å².